The summed E-state index contributed by atoms with van der Waals surface area (Å²) >= 11 is 1.66. The van der Waals surface area contributed by atoms with Crippen molar-refractivity contribution in [1.82, 2.24) is 9.55 Å². The van der Waals surface area contributed by atoms with Crippen LogP contribution in [0.25, 0.3) is 0 Å². The van der Waals surface area contributed by atoms with Gasteiger partial charge in [0.05, 0.1) is 6.61 Å². The maximum atomic E-state index is 8.95. The topological polar surface area (TPSA) is 64.1 Å². The van der Waals surface area contributed by atoms with Crippen molar-refractivity contribution < 1.29 is 5.11 Å². The van der Waals surface area contributed by atoms with Crippen LogP contribution in [0.15, 0.2) is 17.6 Å². The minimum absolute atomic E-state index is 0.0219. The summed E-state index contributed by atoms with van der Waals surface area (Å²) in [5, 5.41) is 9.94. The van der Waals surface area contributed by atoms with E-state index in [9.17, 15) is 0 Å². The third kappa shape index (κ3) is 3.32. The molecule has 0 aromatic carbocycles. The van der Waals surface area contributed by atoms with Gasteiger partial charge >= 0.3 is 0 Å². The molecule has 4 nitrogen and oxygen atoms in total. The first-order valence-electron chi connectivity index (χ1n) is 4.55. The molecule has 0 amide bonds. The van der Waals surface area contributed by atoms with Crippen LogP contribution < -0.4 is 5.73 Å². The summed E-state index contributed by atoms with van der Waals surface area (Å²) < 4.78 is 1.97. The van der Waals surface area contributed by atoms with Gasteiger partial charge in [-0.3, -0.25) is 0 Å². The molecule has 0 spiro atoms. The largest absolute Gasteiger partial charge is 0.394 e. The average molecular weight is 215 g/mol. The van der Waals surface area contributed by atoms with Gasteiger partial charge in [-0.1, -0.05) is 11.8 Å². The maximum absolute atomic E-state index is 8.95. The summed E-state index contributed by atoms with van der Waals surface area (Å²) in [4.78, 5) is 4.18. The van der Waals surface area contributed by atoms with Crippen LogP contribution in [0.3, 0.4) is 0 Å². The first-order chi connectivity index (χ1) is 6.55. The molecule has 0 saturated carbocycles. The monoisotopic (exact) mass is 215 g/mol. The van der Waals surface area contributed by atoms with Gasteiger partial charge in [-0.05, 0) is 13.3 Å². The Balaban J connectivity index is 2.32. The fourth-order valence-corrected chi connectivity index (χ4v) is 2.10. The zero-order valence-electron chi connectivity index (χ0n) is 8.60. The molecule has 0 fully saturated rings. The van der Waals surface area contributed by atoms with Crippen LogP contribution in [0.4, 0.5) is 0 Å². The molecule has 1 unspecified atom stereocenters. The smallest absolute Gasteiger partial charge is 0.167 e. The van der Waals surface area contributed by atoms with Crippen molar-refractivity contribution in [3.63, 3.8) is 0 Å². The van der Waals surface area contributed by atoms with Crippen LogP contribution in [0.1, 0.15) is 13.3 Å². The number of aromatic nitrogens is 2. The zero-order chi connectivity index (χ0) is 10.6. The molecule has 0 aliphatic carbocycles. The lowest BCUT2D eigenvalue weighted by Gasteiger charge is -2.20. The van der Waals surface area contributed by atoms with Crippen molar-refractivity contribution in [2.24, 2.45) is 12.8 Å². The molecule has 0 radical (unpaired) electrons. The van der Waals surface area contributed by atoms with Gasteiger partial charge in [0.25, 0.3) is 0 Å². The average Bonchev–Trinajstić information content (AvgIpc) is 2.52. The molecule has 14 heavy (non-hydrogen) atoms. The fourth-order valence-electron chi connectivity index (χ4n) is 0.946. The number of hydrogen-bond donors (Lipinski definition) is 2. The predicted octanol–water partition coefficient (Wildman–Crippen LogP) is 0.612. The van der Waals surface area contributed by atoms with E-state index in [1.54, 1.807) is 18.0 Å². The fraction of sp³-hybridized carbons (Fsp3) is 0.667. The van der Waals surface area contributed by atoms with Crippen LogP contribution in [0.2, 0.25) is 0 Å². The number of aliphatic hydroxyl groups is 1. The van der Waals surface area contributed by atoms with Gasteiger partial charge in [0.2, 0.25) is 0 Å². The number of rotatable bonds is 5. The van der Waals surface area contributed by atoms with Gasteiger partial charge in [0.1, 0.15) is 0 Å². The molecular weight excluding hydrogens is 198 g/mol. The van der Waals surface area contributed by atoms with Gasteiger partial charge in [0.15, 0.2) is 5.16 Å². The van der Waals surface area contributed by atoms with E-state index < -0.39 is 5.54 Å². The van der Waals surface area contributed by atoms with Gasteiger partial charge < -0.3 is 15.4 Å². The van der Waals surface area contributed by atoms with Gasteiger partial charge in [0, 0.05) is 30.7 Å². The molecule has 80 valence electrons. The van der Waals surface area contributed by atoms with Crippen LogP contribution in [0, 0.1) is 0 Å². The van der Waals surface area contributed by atoms with E-state index in [4.69, 9.17) is 10.8 Å². The molecule has 1 aromatic heterocycles. The Kier molecular flexibility index (Phi) is 3.97. The summed E-state index contributed by atoms with van der Waals surface area (Å²) in [7, 11) is 1.96. The Hall–Kier alpha value is -0.520. The third-order valence-electron chi connectivity index (χ3n) is 2.04. The Morgan fingerprint density at radius 3 is 2.93 bits per heavy atom. The van der Waals surface area contributed by atoms with Crippen LogP contribution in [-0.4, -0.2) is 32.6 Å². The Morgan fingerprint density at radius 1 is 1.71 bits per heavy atom. The van der Waals surface area contributed by atoms with Crippen LogP contribution in [-0.2, 0) is 7.05 Å². The molecular formula is C9H17N3OS. The molecule has 1 rings (SSSR count). The number of hydrogen-bond acceptors (Lipinski definition) is 4. The van der Waals surface area contributed by atoms with Gasteiger partial charge in [-0.2, -0.15) is 0 Å². The molecule has 1 aromatic rings. The van der Waals surface area contributed by atoms with E-state index in [0.29, 0.717) is 0 Å². The van der Waals surface area contributed by atoms with E-state index in [0.717, 1.165) is 17.3 Å². The SMILES string of the molecule is Cn1ccnc1SCCC(C)(N)CO. The maximum Gasteiger partial charge on any atom is 0.167 e. The second-order valence-corrected chi connectivity index (χ2v) is 4.79. The van der Waals surface area contributed by atoms with Crippen LogP contribution >= 0.6 is 11.8 Å². The first kappa shape index (κ1) is 11.6. The van der Waals surface area contributed by atoms with Crippen molar-refractivity contribution in [3.8, 4) is 0 Å². The summed E-state index contributed by atoms with van der Waals surface area (Å²) in [6.07, 6.45) is 4.47. The number of aryl methyl sites for hydroxylation is 1. The summed E-state index contributed by atoms with van der Waals surface area (Å²) in [6.45, 7) is 1.88. The normalized spacial score (nSPS) is 15.4. The molecule has 0 aliphatic heterocycles. The molecule has 5 heteroatoms. The second kappa shape index (κ2) is 4.82. The molecule has 1 atom stereocenters. The zero-order valence-corrected chi connectivity index (χ0v) is 9.42. The van der Waals surface area contributed by atoms with Crippen molar-refractivity contribution in [2.45, 2.75) is 24.0 Å². The van der Waals surface area contributed by atoms with E-state index in [1.165, 1.54) is 0 Å². The van der Waals surface area contributed by atoms with Crippen molar-refractivity contribution in [2.75, 3.05) is 12.4 Å². The molecule has 3 N–H and O–H groups in total. The lowest BCUT2D eigenvalue weighted by molar-refractivity contribution is 0.206. The predicted molar refractivity (Wildman–Crippen MR) is 58.2 cm³/mol. The van der Waals surface area contributed by atoms with Gasteiger partial charge in [-0.25, -0.2) is 4.98 Å². The highest BCUT2D eigenvalue weighted by Gasteiger charge is 2.16. The standard InChI is InChI=1S/C9H17N3OS/c1-9(10,7-13)3-6-14-8-11-4-5-12(8)2/h4-5,13H,3,6-7,10H2,1-2H3. The minimum atomic E-state index is -0.474. The second-order valence-electron chi connectivity index (χ2n) is 3.73. The lowest BCUT2D eigenvalue weighted by Crippen LogP contribution is -2.40. The highest BCUT2D eigenvalue weighted by molar-refractivity contribution is 7.99. The highest BCUT2D eigenvalue weighted by atomic mass is 32.2. The molecule has 0 saturated heterocycles. The summed E-state index contributed by atoms with van der Waals surface area (Å²) in [6, 6.07) is 0. The lowest BCUT2D eigenvalue weighted by atomic mass is 10.0. The van der Waals surface area contributed by atoms with Crippen LogP contribution in [0.5, 0.6) is 0 Å². The Morgan fingerprint density at radius 2 is 2.43 bits per heavy atom. The van der Waals surface area contributed by atoms with E-state index in [2.05, 4.69) is 4.98 Å². The summed E-state index contributed by atoms with van der Waals surface area (Å²) in [5.74, 6) is 0.873. The third-order valence-corrected chi connectivity index (χ3v) is 3.10. The minimum Gasteiger partial charge on any atom is -0.394 e. The Bertz CT molecular complexity index is 285. The number of thioether (sulfide) groups is 1. The number of aliphatic hydroxyl groups excluding tert-OH is 1. The summed E-state index contributed by atoms with van der Waals surface area (Å²) in [5.41, 5.74) is 5.33. The van der Waals surface area contributed by atoms with Crippen molar-refractivity contribution in [1.29, 1.82) is 0 Å². The number of nitrogens with two attached hydrogens (primary N) is 1. The van der Waals surface area contributed by atoms with Gasteiger partial charge in [-0.15, -0.1) is 0 Å². The molecule has 0 bridgehead atoms. The number of imidazole rings is 1. The molecule has 1 heterocycles. The molecule has 0 aliphatic rings. The quantitative estimate of drug-likeness (QED) is 0.706. The van der Waals surface area contributed by atoms with E-state index in [-0.39, 0.29) is 6.61 Å². The van der Waals surface area contributed by atoms with Crippen molar-refractivity contribution >= 4 is 11.8 Å². The van der Waals surface area contributed by atoms with E-state index >= 15 is 0 Å². The highest BCUT2D eigenvalue weighted by Crippen LogP contribution is 2.18. The Labute approximate surface area is 88.5 Å². The number of nitrogens with zero attached hydrogens (tertiary/aromatic N) is 2. The van der Waals surface area contributed by atoms with Crippen molar-refractivity contribution in [3.05, 3.63) is 12.4 Å². The van der Waals surface area contributed by atoms with E-state index in [1.807, 2.05) is 24.7 Å². The first-order valence-corrected chi connectivity index (χ1v) is 5.53.